The van der Waals surface area contributed by atoms with Crippen LogP contribution in [0.2, 0.25) is 0 Å². The molecule has 1 aromatic carbocycles. The molecule has 0 heterocycles. The molecule has 0 saturated carbocycles. The maximum atomic E-state index is 7.72. The van der Waals surface area contributed by atoms with Crippen molar-refractivity contribution in [2.75, 3.05) is 21.3 Å². The van der Waals surface area contributed by atoms with Crippen molar-refractivity contribution < 1.29 is 15.6 Å². The van der Waals surface area contributed by atoms with E-state index in [4.69, 9.17) is 21.3 Å². The second kappa shape index (κ2) is 5.61. The SMILES string of the molecule is [2H]C(C)(N)Cc1cc(OC)c(OC)cc1OC. The molecule has 0 amide bonds. The third-order valence-electron chi connectivity index (χ3n) is 2.26. The molecule has 1 rings (SSSR count). The molecule has 0 bridgehead atoms. The number of ether oxygens (including phenoxy) is 3. The molecule has 0 saturated heterocycles. The van der Waals surface area contributed by atoms with E-state index < -0.39 is 6.02 Å². The fourth-order valence-corrected chi connectivity index (χ4v) is 1.53. The van der Waals surface area contributed by atoms with E-state index in [0.717, 1.165) is 5.56 Å². The molecule has 0 aromatic heterocycles. The van der Waals surface area contributed by atoms with Crippen LogP contribution in [0.25, 0.3) is 0 Å². The highest BCUT2D eigenvalue weighted by molar-refractivity contribution is 5.50. The Morgan fingerprint density at radius 3 is 2.06 bits per heavy atom. The molecule has 0 spiro atoms. The van der Waals surface area contributed by atoms with Gasteiger partial charge >= 0.3 is 0 Å². The van der Waals surface area contributed by atoms with Gasteiger partial charge in [0.15, 0.2) is 11.5 Å². The lowest BCUT2D eigenvalue weighted by Crippen LogP contribution is -2.18. The lowest BCUT2D eigenvalue weighted by molar-refractivity contribution is 0.347. The van der Waals surface area contributed by atoms with Crippen LogP contribution in [-0.2, 0) is 6.42 Å². The van der Waals surface area contributed by atoms with Crippen molar-refractivity contribution in [1.82, 2.24) is 0 Å². The van der Waals surface area contributed by atoms with Crippen molar-refractivity contribution in [3.05, 3.63) is 17.7 Å². The zero-order valence-corrected chi connectivity index (χ0v) is 10.2. The molecule has 1 aromatic rings. The first kappa shape index (κ1) is 11.1. The van der Waals surface area contributed by atoms with E-state index in [2.05, 4.69) is 0 Å². The highest BCUT2D eigenvalue weighted by Crippen LogP contribution is 2.34. The Bertz CT molecular complexity index is 388. The molecule has 0 aliphatic heterocycles. The maximum absolute atomic E-state index is 7.72. The number of benzene rings is 1. The quantitative estimate of drug-likeness (QED) is 0.828. The molecule has 16 heavy (non-hydrogen) atoms. The average molecular weight is 226 g/mol. The second-order valence-corrected chi connectivity index (χ2v) is 3.54. The summed E-state index contributed by atoms with van der Waals surface area (Å²) in [5.41, 5.74) is 6.52. The monoisotopic (exact) mass is 226 g/mol. The zero-order chi connectivity index (χ0) is 13.1. The third-order valence-corrected chi connectivity index (χ3v) is 2.26. The number of hydrogen-bond donors (Lipinski definition) is 1. The van der Waals surface area contributed by atoms with E-state index in [1.54, 1.807) is 40.4 Å². The Kier molecular flexibility index (Phi) is 3.88. The Labute approximate surface area is 97.7 Å². The molecule has 1 atom stereocenters. The minimum atomic E-state index is -1.05. The molecule has 0 aliphatic carbocycles. The second-order valence-electron chi connectivity index (χ2n) is 3.54. The van der Waals surface area contributed by atoms with Gasteiger partial charge in [0.2, 0.25) is 0 Å². The van der Waals surface area contributed by atoms with Crippen molar-refractivity contribution in [3.8, 4) is 17.2 Å². The predicted molar refractivity (Wildman–Crippen MR) is 63.5 cm³/mol. The summed E-state index contributed by atoms with van der Waals surface area (Å²) in [5, 5.41) is 0. The van der Waals surface area contributed by atoms with Crippen LogP contribution < -0.4 is 19.9 Å². The number of methoxy groups -OCH3 is 3. The van der Waals surface area contributed by atoms with Crippen molar-refractivity contribution in [3.63, 3.8) is 0 Å². The van der Waals surface area contributed by atoms with Crippen LogP contribution in [0.1, 0.15) is 13.9 Å². The van der Waals surface area contributed by atoms with Crippen molar-refractivity contribution in [2.24, 2.45) is 5.73 Å². The van der Waals surface area contributed by atoms with Gasteiger partial charge in [-0.25, -0.2) is 0 Å². The van der Waals surface area contributed by atoms with Gasteiger partial charge < -0.3 is 19.9 Å². The lowest BCUT2D eigenvalue weighted by atomic mass is 10.1. The normalized spacial score (nSPS) is 14.9. The Morgan fingerprint density at radius 1 is 1.12 bits per heavy atom. The van der Waals surface area contributed by atoms with Gasteiger partial charge in [0.05, 0.1) is 21.3 Å². The summed E-state index contributed by atoms with van der Waals surface area (Å²) in [4.78, 5) is 0. The summed E-state index contributed by atoms with van der Waals surface area (Å²) >= 11 is 0. The van der Waals surface area contributed by atoms with Crippen LogP contribution in [0, 0.1) is 0 Å². The van der Waals surface area contributed by atoms with E-state index in [9.17, 15) is 0 Å². The van der Waals surface area contributed by atoms with Gasteiger partial charge in [-0.2, -0.15) is 0 Å². The molecule has 4 heteroatoms. The molecule has 0 radical (unpaired) electrons. The van der Waals surface area contributed by atoms with Crippen LogP contribution in [0.3, 0.4) is 0 Å². The summed E-state index contributed by atoms with van der Waals surface area (Å²) in [6.07, 6.45) is 0.372. The first-order chi connectivity index (χ1) is 7.91. The van der Waals surface area contributed by atoms with Gasteiger partial charge in [0.1, 0.15) is 5.75 Å². The summed E-state index contributed by atoms with van der Waals surface area (Å²) in [6.45, 7) is 1.64. The van der Waals surface area contributed by atoms with Crippen molar-refractivity contribution in [2.45, 2.75) is 19.4 Å². The summed E-state index contributed by atoms with van der Waals surface area (Å²) in [6, 6.07) is 2.48. The van der Waals surface area contributed by atoms with E-state index in [1.807, 2.05) is 0 Å². The minimum absolute atomic E-state index is 0.372. The lowest BCUT2D eigenvalue weighted by Gasteiger charge is -2.15. The molecule has 2 N–H and O–H groups in total. The summed E-state index contributed by atoms with van der Waals surface area (Å²) < 4.78 is 23.4. The van der Waals surface area contributed by atoms with Crippen LogP contribution in [0.15, 0.2) is 12.1 Å². The van der Waals surface area contributed by atoms with E-state index >= 15 is 0 Å². The first-order valence-electron chi connectivity index (χ1n) is 5.49. The number of rotatable bonds is 5. The molecule has 0 aliphatic rings. The van der Waals surface area contributed by atoms with Crippen LogP contribution in [0.5, 0.6) is 17.2 Å². The van der Waals surface area contributed by atoms with Gasteiger partial charge in [-0.05, 0) is 25.0 Å². The van der Waals surface area contributed by atoms with Crippen LogP contribution in [0.4, 0.5) is 0 Å². The van der Waals surface area contributed by atoms with Crippen LogP contribution in [-0.4, -0.2) is 27.3 Å². The standard InChI is InChI=1S/C12H19NO3/c1-8(13)5-9-6-11(15-3)12(16-4)7-10(9)14-2/h6-8H,5,13H2,1-4H3/i8D. The molecule has 4 nitrogen and oxygen atoms in total. The first-order valence-corrected chi connectivity index (χ1v) is 4.99. The van der Waals surface area contributed by atoms with Gasteiger partial charge in [-0.3, -0.25) is 0 Å². The Balaban J connectivity index is 3.19. The summed E-state index contributed by atoms with van der Waals surface area (Å²) in [5.74, 6) is 1.84. The fourth-order valence-electron chi connectivity index (χ4n) is 1.53. The van der Waals surface area contributed by atoms with Crippen molar-refractivity contribution in [1.29, 1.82) is 0 Å². The zero-order valence-electron chi connectivity index (χ0n) is 11.2. The molecule has 0 fully saturated rings. The summed E-state index contributed by atoms with van der Waals surface area (Å²) in [7, 11) is 4.70. The third kappa shape index (κ3) is 2.79. The molecular weight excluding hydrogens is 206 g/mol. The van der Waals surface area contributed by atoms with Crippen molar-refractivity contribution >= 4 is 0 Å². The Hall–Kier alpha value is -1.42. The van der Waals surface area contributed by atoms with Gasteiger partial charge in [0, 0.05) is 13.5 Å². The van der Waals surface area contributed by atoms with Gasteiger partial charge in [-0.15, -0.1) is 0 Å². The van der Waals surface area contributed by atoms with Crippen LogP contribution >= 0.6 is 0 Å². The predicted octanol–water partition coefficient (Wildman–Crippen LogP) is 1.60. The topological polar surface area (TPSA) is 53.7 Å². The van der Waals surface area contributed by atoms with E-state index in [1.165, 1.54) is 0 Å². The number of nitrogens with two attached hydrogens (primary N) is 1. The highest BCUT2D eigenvalue weighted by Gasteiger charge is 2.12. The smallest absolute Gasteiger partial charge is 0.164 e. The van der Waals surface area contributed by atoms with E-state index in [0.29, 0.717) is 23.7 Å². The number of hydrogen-bond acceptors (Lipinski definition) is 4. The van der Waals surface area contributed by atoms with Gasteiger partial charge in [-0.1, -0.05) is 0 Å². The fraction of sp³-hybridized carbons (Fsp3) is 0.500. The minimum Gasteiger partial charge on any atom is -0.496 e. The van der Waals surface area contributed by atoms with E-state index in [-0.39, 0.29) is 0 Å². The molecular formula is C12H19NO3. The Morgan fingerprint density at radius 2 is 1.62 bits per heavy atom. The molecule has 90 valence electrons. The highest BCUT2D eigenvalue weighted by atomic mass is 16.5. The largest absolute Gasteiger partial charge is 0.496 e. The van der Waals surface area contributed by atoms with Gasteiger partial charge in [0.25, 0.3) is 0 Å². The average Bonchev–Trinajstić information content (AvgIpc) is 2.26. The maximum Gasteiger partial charge on any atom is 0.164 e. The molecule has 1 unspecified atom stereocenters.